The molecule has 3 saturated heterocycles. The number of carbonyl (C=O) groups excluding carboxylic acids is 3. The average Bonchev–Trinajstić information content (AvgIpc) is 2.99. The number of amides is 1. The van der Waals surface area contributed by atoms with Crippen molar-refractivity contribution >= 4 is 35.5 Å². The van der Waals surface area contributed by atoms with Crippen molar-refractivity contribution in [2.45, 2.75) is 75.7 Å². The number of aldehydes is 1. The SMILES string of the molecule is COc1cc(NC(=O)CCCc2cccc(C3(C(=O)O[C@H]4CN5CCC4CC5)CCCCC3)c2)c(Cl)cc1C=O. The molecule has 1 atom stereocenters. The van der Waals surface area contributed by atoms with Gasteiger partial charge in [-0.1, -0.05) is 55.1 Å². The van der Waals surface area contributed by atoms with Gasteiger partial charge < -0.3 is 14.8 Å². The van der Waals surface area contributed by atoms with Crippen LogP contribution in [0.15, 0.2) is 36.4 Å². The Morgan fingerprint density at radius 2 is 1.90 bits per heavy atom. The molecule has 6 rings (SSSR count). The minimum Gasteiger partial charge on any atom is -0.496 e. The van der Waals surface area contributed by atoms with Gasteiger partial charge in [0.15, 0.2) is 6.29 Å². The summed E-state index contributed by atoms with van der Waals surface area (Å²) in [5.41, 5.74) is 2.32. The third-order valence-electron chi connectivity index (χ3n) is 9.02. The van der Waals surface area contributed by atoms with E-state index >= 15 is 0 Å². The van der Waals surface area contributed by atoms with Crippen molar-refractivity contribution < 1.29 is 23.9 Å². The molecule has 214 valence electrons. The van der Waals surface area contributed by atoms with Crippen molar-refractivity contribution in [1.29, 1.82) is 0 Å². The smallest absolute Gasteiger partial charge is 0.316 e. The van der Waals surface area contributed by atoms with Crippen molar-refractivity contribution in [3.05, 3.63) is 58.1 Å². The number of fused-ring (bicyclic) bond motifs is 3. The minimum absolute atomic E-state index is 0.0126. The summed E-state index contributed by atoms with van der Waals surface area (Å²) < 4.78 is 11.5. The molecule has 2 bridgehead atoms. The first-order chi connectivity index (χ1) is 19.4. The molecule has 1 saturated carbocycles. The topological polar surface area (TPSA) is 84.9 Å². The molecule has 8 heteroatoms. The summed E-state index contributed by atoms with van der Waals surface area (Å²) in [6.07, 6.45) is 9.45. The number of ether oxygens (including phenoxy) is 2. The summed E-state index contributed by atoms with van der Waals surface area (Å²) >= 11 is 6.25. The van der Waals surface area contributed by atoms with Gasteiger partial charge >= 0.3 is 5.97 Å². The number of halogens is 1. The molecule has 7 nitrogen and oxygen atoms in total. The Balaban J connectivity index is 1.22. The first kappa shape index (κ1) is 28.6. The molecule has 1 aliphatic carbocycles. The van der Waals surface area contributed by atoms with E-state index in [0.717, 1.165) is 75.7 Å². The van der Waals surface area contributed by atoms with Crippen LogP contribution in [0.3, 0.4) is 0 Å². The van der Waals surface area contributed by atoms with E-state index < -0.39 is 5.41 Å². The van der Waals surface area contributed by atoms with Gasteiger partial charge in [0, 0.05) is 19.0 Å². The fourth-order valence-electron chi connectivity index (χ4n) is 6.68. The molecular weight excluding hydrogens is 528 g/mol. The zero-order valence-corrected chi connectivity index (χ0v) is 24.0. The van der Waals surface area contributed by atoms with E-state index in [9.17, 15) is 14.4 Å². The number of aryl methyl sites for hydroxylation is 1. The summed E-state index contributed by atoms with van der Waals surface area (Å²) in [6.45, 7) is 3.11. The lowest BCUT2D eigenvalue weighted by molar-refractivity contribution is -0.167. The van der Waals surface area contributed by atoms with Gasteiger partial charge in [0.25, 0.3) is 0 Å². The Kier molecular flexibility index (Phi) is 9.11. The highest BCUT2D eigenvalue weighted by molar-refractivity contribution is 6.34. The zero-order valence-electron chi connectivity index (χ0n) is 23.3. The Bertz CT molecular complexity index is 1230. The molecule has 2 aromatic rings. The van der Waals surface area contributed by atoms with Crippen LogP contribution in [0.25, 0.3) is 0 Å². The highest BCUT2D eigenvalue weighted by atomic mass is 35.5. The van der Waals surface area contributed by atoms with Gasteiger partial charge in [-0.3, -0.25) is 19.3 Å². The molecule has 40 heavy (non-hydrogen) atoms. The normalized spacial score (nSPS) is 23.3. The Hall–Kier alpha value is -2.90. The van der Waals surface area contributed by atoms with Crippen molar-refractivity contribution in [2.75, 3.05) is 32.1 Å². The number of esters is 1. The monoisotopic (exact) mass is 566 g/mol. The van der Waals surface area contributed by atoms with Gasteiger partial charge in [-0.15, -0.1) is 0 Å². The number of hydrogen-bond donors (Lipinski definition) is 1. The molecule has 1 N–H and O–H groups in total. The minimum atomic E-state index is -0.582. The van der Waals surface area contributed by atoms with Gasteiger partial charge in [0.05, 0.1) is 28.8 Å². The second-order valence-corrected chi connectivity index (χ2v) is 11.9. The quantitative estimate of drug-likeness (QED) is 0.282. The van der Waals surface area contributed by atoms with Crippen LogP contribution in [0.2, 0.25) is 5.02 Å². The number of nitrogens with zero attached hydrogens (tertiary/aromatic N) is 1. The van der Waals surface area contributed by atoms with E-state index in [-0.39, 0.29) is 23.0 Å². The van der Waals surface area contributed by atoms with Gasteiger partial charge in [0.2, 0.25) is 5.91 Å². The van der Waals surface area contributed by atoms with Gasteiger partial charge in [0.1, 0.15) is 11.9 Å². The van der Waals surface area contributed by atoms with Crippen LogP contribution < -0.4 is 10.1 Å². The lowest BCUT2D eigenvalue weighted by atomic mass is 9.69. The van der Waals surface area contributed by atoms with Crippen LogP contribution >= 0.6 is 11.6 Å². The lowest BCUT2D eigenvalue weighted by Crippen LogP contribution is -2.53. The standard InChI is InChI=1S/C32H39ClN2O5/c1-39-28-19-27(26(33)18-24(28)21-36)34-30(37)10-6-8-22-7-5-9-25(17-22)32(13-3-2-4-14-32)31(38)40-29-20-35-15-11-23(29)12-16-35/h5,7,9,17-19,21,23,29H,2-4,6,8,10-16,20H2,1H3,(H,34,37)/t29-/m0/s1. The van der Waals surface area contributed by atoms with E-state index in [1.807, 2.05) is 6.07 Å². The van der Waals surface area contributed by atoms with Crippen LogP contribution in [-0.4, -0.2) is 55.9 Å². The Morgan fingerprint density at radius 1 is 1.12 bits per heavy atom. The Morgan fingerprint density at radius 3 is 2.58 bits per heavy atom. The van der Waals surface area contributed by atoms with Gasteiger partial charge in [-0.05, 0) is 74.7 Å². The number of hydrogen-bond acceptors (Lipinski definition) is 6. The molecule has 4 aliphatic rings. The highest BCUT2D eigenvalue weighted by Gasteiger charge is 2.45. The molecule has 0 aromatic heterocycles. The van der Waals surface area contributed by atoms with Crippen molar-refractivity contribution in [3.63, 3.8) is 0 Å². The molecule has 2 aromatic carbocycles. The van der Waals surface area contributed by atoms with Crippen molar-refractivity contribution in [2.24, 2.45) is 5.92 Å². The molecule has 3 aliphatic heterocycles. The number of benzene rings is 2. The molecule has 3 heterocycles. The number of rotatable bonds is 10. The summed E-state index contributed by atoms with van der Waals surface area (Å²) in [6, 6.07) is 11.4. The maximum absolute atomic E-state index is 13.8. The summed E-state index contributed by atoms with van der Waals surface area (Å²) in [7, 11) is 1.46. The number of anilines is 1. The molecule has 0 spiro atoms. The van der Waals surface area contributed by atoms with Crippen LogP contribution in [0.5, 0.6) is 5.75 Å². The fourth-order valence-corrected chi connectivity index (χ4v) is 6.90. The number of carbonyl (C=O) groups is 3. The van der Waals surface area contributed by atoms with Crippen LogP contribution in [0.4, 0.5) is 5.69 Å². The van der Waals surface area contributed by atoms with E-state index in [0.29, 0.717) is 48.5 Å². The number of nitrogens with one attached hydrogen (secondary N) is 1. The van der Waals surface area contributed by atoms with E-state index in [1.165, 1.54) is 13.2 Å². The maximum Gasteiger partial charge on any atom is 0.316 e. The lowest BCUT2D eigenvalue weighted by Gasteiger charge is -2.45. The number of methoxy groups -OCH3 is 1. The molecule has 1 amide bonds. The second kappa shape index (κ2) is 12.7. The first-order valence-electron chi connectivity index (χ1n) is 14.6. The third-order valence-corrected chi connectivity index (χ3v) is 9.33. The van der Waals surface area contributed by atoms with Crippen molar-refractivity contribution in [3.8, 4) is 5.75 Å². The molecule has 0 radical (unpaired) electrons. The van der Waals surface area contributed by atoms with Gasteiger partial charge in [-0.2, -0.15) is 0 Å². The first-order valence-corrected chi connectivity index (χ1v) is 14.9. The van der Waals surface area contributed by atoms with Crippen LogP contribution in [0, 0.1) is 5.92 Å². The Labute approximate surface area is 241 Å². The van der Waals surface area contributed by atoms with Crippen LogP contribution in [0.1, 0.15) is 79.3 Å². The highest BCUT2D eigenvalue weighted by Crippen LogP contribution is 2.42. The van der Waals surface area contributed by atoms with Crippen LogP contribution in [-0.2, 0) is 26.2 Å². The molecule has 0 unspecified atom stereocenters. The van der Waals surface area contributed by atoms with E-state index in [2.05, 4.69) is 28.4 Å². The van der Waals surface area contributed by atoms with E-state index in [4.69, 9.17) is 21.1 Å². The summed E-state index contributed by atoms with van der Waals surface area (Å²) in [5.74, 6) is 0.639. The number of piperidine rings is 3. The molecular formula is C32H39ClN2O5. The predicted octanol–water partition coefficient (Wildman–Crippen LogP) is 5.96. The zero-order chi connectivity index (χ0) is 28.1. The fraction of sp³-hybridized carbons (Fsp3) is 0.531. The van der Waals surface area contributed by atoms with Gasteiger partial charge in [-0.25, -0.2) is 0 Å². The summed E-state index contributed by atoms with van der Waals surface area (Å²) in [5, 5.41) is 3.11. The third kappa shape index (κ3) is 6.21. The second-order valence-electron chi connectivity index (χ2n) is 11.5. The average molecular weight is 567 g/mol. The maximum atomic E-state index is 13.8. The predicted molar refractivity (Wildman–Crippen MR) is 155 cm³/mol. The van der Waals surface area contributed by atoms with Crippen molar-refractivity contribution in [1.82, 2.24) is 4.90 Å². The largest absolute Gasteiger partial charge is 0.496 e. The van der Waals surface area contributed by atoms with E-state index in [1.54, 1.807) is 6.07 Å². The summed E-state index contributed by atoms with van der Waals surface area (Å²) in [4.78, 5) is 40.1. The molecule has 4 fully saturated rings.